The van der Waals surface area contributed by atoms with Gasteiger partial charge in [-0.1, -0.05) is 34.1 Å². The SMILES string of the molecule is Cc1ccc(Br)cc1Oc1ccc([C@@H](C)O)cc1. The Morgan fingerprint density at radius 1 is 1.11 bits per heavy atom. The average Bonchev–Trinajstić information content (AvgIpc) is 2.34. The number of hydrogen-bond donors (Lipinski definition) is 1. The molecule has 1 atom stereocenters. The van der Waals surface area contributed by atoms with Crippen molar-refractivity contribution in [1.29, 1.82) is 0 Å². The molecule has 0 radical (unpaired) electrons. The van der Waals surface area contributed by atoms with Crippen LogP contribution in [0.2, 0.25) is 0 Å². The van der Waals surface area contributed by atoms with Crippen LogP contribution < -0.4 is 4.74 Å². The molecule has 0 saturated carbocycles. The number of benzene rings is 2. The van der Waals surface area contributed by atoms with Crippen LogP contribution >= 0.6 is 15.9 Å². The summed E-state index contributed by atoms with van der Waals surface area (Å²) in [7, 11) is 0. The number of aryl methyl sites for hydroxylation is 1. The first-order valence-electron chi connectivity index (χ1n) is 5.78. The molecule has 0 aliphatic heterocycles. The molecule has 0 fully saturated rings. The first-order chi connectivity index (χ1) is 8.56. The molecule has 94 valence electrons. The van der Waals surface area contributed by atoms with Gasteiger partial charge in [0, 0.05) is 4.47 Å². The number of aliphatic hydroxyl groups is 1. The second kappa shape index (κ2) is 5.55. The molecular weight excluding hydrogens is 292 g/mol. The van der Waals surface area contributed by atoms with Gasteiger partial charge < -0.3 is 9.84 Å². The van der Waals surface area contributed by atoms with Gasteiger partial charge in [0.1, 0.15) is 11.5 Å². The molecule has 1 N–H and O–H groups in total. The van der Waals surface area contributed by atoms with E-state index in [1.807, 2.05) is 49.4 Å². The van der Waals surface area contributed by atoms with E-state index in [0.717, 1.165) is 27.1 Å². The van der Waals surface area contributed by atoms with E-state index >= 15 is 0 Å². The number of halogens is 1. The summed E-state index contributed by atoms with van der Waals surface area (Å²) in [4.78, 5) is 0. The van der Waals surface area contributed by atoms with Crippen molar-refractivity contribution >= 4 is 15.9 Å². The molecular formula is C15H15BrO2. The van der Waals surface area contributed by atoms with E-state index < -0.39 is 6.10 Å². The Labute approximate surface area is 115 Å². The van der Waals surface area contributed by atoms with Crippen LogP contribution in [0.4, 0.5) is 0 Å². The highest BCUT2D eigenvalue weighted by atomic mass is 79.9. The third-order valence-corrected chi connectivity index (χ3v) is 3.23. The third kappa shape index (κ3) is 3.12. The highest BCUT2D eigenvalue weighted by Crippen LogP contribution is 2.28. The Kier molecular flexibility index (Phi) is 4.04. The van der Waals surface area contributed by atoms with Gasteiger partial charge in [-0.15, -0.1) is 0 Å². The van der Waals surface area contributed by atoms with E-state index in [-0.39, 0.29) is 0 Å². The second-order valence-electron chi connectivity index (χ2n) is 4.26. The molecule has 18 heavy (non-hydrogen) atoms. The summed E-state index contributed by atoms with van der Waals surface area (Å²) >= 11 is 3.43. The van der Waals surface area contributed by atoms with Gasteiger partial charge in [0.25, 0.3) is 0 Å². The normalized spacial score (nSPS) is 12.2. The van der Waals surface area contributed by atoms with Crippen LogP contribution in [0.15, 0.2) is 46.9 Å². The lowest BCUT2D eigenvalue weighted by Gasteiger charge is -2.10. The van der Waals surface area contributed by atoms with Crippen LogP contribution in [-0.4, -0.2) is 5.11 Å². The minimum Gasteiger partial charge on any atom is -0.457 e. The fourth-order valence-corrected chi connectivity index (χ4v) is 1.97. The zero-order chi connectivity index (χ0) is 13.1. The number of ether oxygens (including phenoxy) is 1. The number of aliphatic hydroxyl groups excluding tert-OH is 1. The molecule has 0 aliphatic rings. The highest BCUT2D eigenvalue weighted by Gasteiger charge is 2.04. The van der Waals surface area contributed by atoms with Crippen LogP contribution in [0.5, 0.6) is 11.5 Å². The van der Waals surface area contributed by atoms with Crippen LogP contribution in [0, 0.1) is 6.92 Å². The second-order valence-corrected chi connectivity index (χ2v) is 5.17. The van der Waals surface area contributed by atoms with Crippen molar-refractivity contribution in [3.05, 3.63) is 58.1 Å². The Bertz CT molecular complexity index is 533. The molecule has 3 heteroatoms. The zero-order valence-electron chi connectivity index (χ0n) is 10.4. The molecule has 2 nitrogen and oxygen atoms in total. The Morgan fingerprint density at radius 2 is 1.78 bits per heavy atom. The average molecular weight is 307 g/mol. The third-order valence-electron chi connectivity index (χ3n) is 2.74. The van der Waals surface area contributed by atoms with E-state index in [4.69, 9.17) is 4.74 Å². The molecule has 0 spiro atoms. The summed E-state index contributed by atoms with van der Waals surface area (Å²) < 4.78 is 6.80. The van der Waals surface area contributed by atoms with Gasteiger partial charge in [-0.3, -0.25) is 0 Å². The van der Waals surface area contributed by atoms with Crippen molar-refractivity contribution in [3.63, 3.8) is 0 Å². The predicted octanol–water partition coefficient (Wildman–Crippen LogP) is 4.60. The lowest BCUT2D eigenvalue weighted by Crippen LogP contribution is -1.91. The maximum atomic E-state index is 9.44. The molecule has 0 aliphatic carbocycles. The van der Waals surface area contributed by atoms with Crippen molar-refractivity contribution in [2.45, 2.75) is 20.0 Å². The monoisotopic (exact) mass is 306 g/mol. The smallest absolute Gasteiger partial charge is 0.131 e. The van der Waals surface area contributed by atoms with Crippen molar-refractivity contribution < 1.29 is 9.84 Å². The van der Waals surface area contributed by atoms with Crippen molar-refractivity contribution in [2.75, 3.05) is 0 Å². The first kappa shape index (κ1) is 13.1. The topological polar surface area (TPSA) is 29.5 Å². The lowest BCUT2D eigenvalue weighted by atomic mass is 10.1. The summed E-state index contributed by atoms with van der Waals surface area (Å²) in [5.41, 5.74) is 1.96. The van der Waals surface area contributed by atoms with E-state index in [9.17, 15) is 5.11 Å². The summed E-state index contributed by atoms with van der Waals surface area (Å²) in [5.74, 6) is 1.59. The molecule has 2 rings (SSSR count). The maximum Gasteiger partial charge on any atom is 0.131 e. The minimum absolute atomic E-state index is 0.452. The van der Waals surface area contributed by atoms with Gasteiger partial charge in [-0.25, -0.2) is 0 Å². The van der Waals surface area contributed by atoms with Gasteiger partial charge in [0.2, 0.25) is 0 Å². The predicted molar refractivity (Wildman–Crippen MR) is 76.0 cm³/mol. The summed E-state index contributed by atoms with van der Waals surface area (Å²) in [6.45, 7) is 3.75. The number of rotatable bonds is 3. The molecule has 0 bridgehead atoms. The Morgan fingerprint density at radius 3 is 2.39 bits per heavy atom. The van der Waals surface area contributed by atoms with Crippen LogP contribution in [0.3, 0.4) is 0 Å². The van der Waals surface area contributed by atoms with Crippen LogP contribution in [-0.2, 0) is 0 Å². The summed E-state index contributed by atoms with van der Waals surface area (Å²) in [6, 6.07) is 13.4. The highest BCUT2D eigenvalue weighted by molar-refractivity contribution is 9.10. The molecule has 0 aromatic heterocycles. The molecule has 0 amide bonds. The minimum atomic E-state index is -0.452. The van der Waals surface area contributed by atoms with Crippen molar-refractivity contribution in [2.24, 2.45) is 0 Å². The first-order valence-corrected chi connectivity index (χ1v) is 6.57. The van der Waals surface area contributed by atoms with Gasteiger partial charge in [-0.2, -0.15) is 0 Å². The lowest BCUT2D eigenvalue weighted by molar-refractivity contribution is 0.199. The Balaban J connectivity index is 2.21. The zero-order valence-corrected chi connectivity index (χ0v) is 11.9. The van der Waals surface area contributed by atoms with Gasteiger partial charge in [0.05, 0.1) is 6.10 Å². The molecule has 0 unspecified atom stereocenters. The summed E-state index contributed by atoms with van der Waals surface area (Å²) in [6.07, 6.45) is -0.452. The van der Waals surface area contributed by atoms with Gasteiger partial charge in [0.15, 0.2) is 0 Å². The fraction of sp³-hybridized carbons (Fsp3) is 0.200. The van der Waals surface area contributed by atoms with E-state index in [0.29, 0.717) is 0 Å². The summed E-state index contributed by atoms with van der Waals surface area (Å²) in [5, 5.41) is 9.44. The van der Waals surface area contributed by atoms with E-state index in [1.165, 1.54) is 0 Å². The maximum absolute atomic E-state index is 9.44. The van der Waals surface area contributed by atoms with Gasteiger partial charge in [-0.05, 0) is 49.2 Å². The molecule has 0 saturated heterocycles. The van der Waals surface area contributed by atoms with Crippen LogP contribution in [0.25, 0.3) is 0 Å². The fourth-order valence-electron chi connectivity index (χ4n) is 1.63. The van der Waals surface area contributed by atoms with E-state index in [2.05, 4.69) is 15.9 Å². The number of hydrogen-bond acceptors (Lipinski definition) is 2. The quantitative estimate of drug-likeness (QED) is 0.897. The van der Waals surface area contributed by atoms with Crippen molar-refractivity contribution in [1.82, 2.24) is 0 Å². The Hall–Kier alpha value is -1.32. The standard InChI is InChI=1S/C15H15BrO2/c1-10-3-6-13(16)9-15(10)18-14-7-4-12(5-8-14)11(2)17/h3-9,11,17H,1-2H3/t11-/m1/s1. The largest absolute Gasteiger partial charge is 0.457 e. The van der Waals surface area contributed by atoms with E-state index in [1.54, 1.807) is 6.92 Å². The van der Waals surface area contributed by atoms with Crippen molar-refractivity contribution in [3.8, 4) is 11.5 Å². The van der Waals surface area contributed by atoms with Gasteiger partial charge >= 0.3 is 0 Å². The molecule has 2 aromatic carbocycles. The molecule has 2 aromatic rings. The van der Waals surface area contributed by atoms with Crippen LogP contribution in [0.1, 0.15) is 24.2 Å². The molecule has 0 heterocycles.